The normalized spacial score (nSPS) is 30.0. The average molecular weight is 499 g/mol. The lowest BCUT2D eigenvalue weighted by Crippen LogP contribution is -2.27. The van der Waals surface area contributed by atoms with E-state index in [0.717, 1.165) is 37.6 Å². The second-order valence-electron chi connectivity index (χ2n) is 11.8. The second kappa shape index (κ2) is 16.4. The first kappa shape index (κ1) is 30.8. The van der Waals surface area contributed by atoms with Gasteiger partial charge in [-0.3, -0.25) is 0 Å². The topological polar surface area (TPSA) is 27.7 Å². The van der Waals surface area contributed by atoms with Crippen LogP contribution in [0.5, 0.6) is 0 Å². The molecule has 5 rings (SSSR count). The molecule has 36 heavy (non-hydrogen) atoms. The summed E-state index contributed by atoms with van der Waals surface area (Å²) in [6, 6.07) is 12.9. The number of hydrogen-bond acceptors (Lipinski definition) is 3. The highest BCUT2D eigenvalue weighted by atomic mass is 16.7. The van der Waals surface area contributed by atoms with E-state index in [1.807, 2.05) is 6.92 Å². The molecule has 3 heteroatoms. The van der Waals surface area contributed by atoms with E-state index in [1.165, 1.54) is 60.4 Å². The molecule has 2 atom stereocenters. The van der Waals surface area contributed by atoms with Crippen LogP contribution in [0.3, 0.4) is 0 Å². The quantitative estimate of drug-likeness (QED) is 0.362. The van der Waals surface area contributed by atoms with Crippen LogP contribution in [0.25, 0.3) is 10.8 Å². The van der Waals surface area contributed by atoms with Gasteiger partial charge in [-0.2, -0.15) is 0 Å². The van der Waals surface area contributed by atoms with Gasteiger partial charge in [0.05, 0.1) is 19.3 Å². The number of benzene rings is 2. The molecule has 0 bridgehead atoms. The van der Waals surface area contributed by atoms with Gasteiger partial charge in [0.2, 0.25) is 0 Å². The van der Waals surface area contributed by atoms with E-state index in [1.54, 1.807) is 0 Å². The Morgan fingerprint density at radius 3 is 1.28 bits per heavy atom. The largest absolute Gasteiger partial charge is 0.378 e. The predicted molar refractivity (Wildman–Crippen MR) is 155 cm³/mol. The number of rotatable bonds is 0. The minimum absolute atomic E-state index is 0.0196. The monoisotopic (exact) mass is 498 g/mol. The maximum absolute atomic E-state index is 5.39. The van der Waals surface area contributed by atoms with Crippen molar-refractivity contribution in [1.29, 1.82) is 0 Å². The Kier molecular flexibility index (Phi) is 14.1. The van der Waals surface area contributed by atoms with Gasteiger partial charge in [0.1, 0.15) is 0 Å². The fourth-order valence-electron chi connectivity index (χ4n) is 4.74. The molecule has 1 saturated carbocycles. The Morgan fingerprint density at radius 1 is 0.500 bits per heavy atom. The first-order chi connectivity index (χ1) is 17.2. The second-order valence-corrected chi connectivity index (χ2v) is 11.8. The Labute approximate surface area is 222 Å². The summed E-state index contributed by atoms with van der Waals surface area (Å²) >= 11 is 0. The maximum Gasteiger partial charge on any atom is 0.154 e. The Balaban J connectivity index is 0.000000173. The van der Waals surface area contributed by atoms with E-state index in [-0.39, 0.29) is 6.29 Å². The van der Waals surface area contributed by atoms with Gasteiger partial charge in [-0.25, -0.2) is 0 Å². The Hall–Kier alpha value is -1.42. The molecule has 0 spiro atoms. The van der Waals surface area contributed by atoms with Crippen molar-refractivity contribution in [3.63, 3.8) is 0 Å². The number of fused-ring (bicyclic) bond motifs is 1. The zero-order valence-corrected chi connectivity index (χ0v) is 24.5. The molecule has 2 aromatic carbocycles. The van der Waals surface area contributed by atoms with Crippen molar-refractivity contribution in [2.24, 2.45) is 23.7 Å². The molecule has 0 aromatic heterocycles. The summed E-state index contributed by atoms with van der Waals surface area (Å²) in [6.07, 6.45) is 9.03. The smallest absolute Gasteiger partial charge is 0.154 e. The standard InChI is InChI=1S/C12H12.C8H16.C7H14O.C6H12O2/c1-9-7-8-10(2)12-6-4-3-5-11(9)12;1-7-3-5-8(2)6-4-7;1-6-3-4-7(2)8-5-6;1-5-3-7-6(2)8-4-5/h3-8H,1-2H3;7-8H,3-6H2,1-2H3;6-7H,3-5H2,1-2H3;5-6H,3-4H2,1-2H3. The molecule has 2 heterocycles. The molecule has 0 radical (unpaired) electrons. The predicted octanol–water partition coefficient (Wildman–Crippen LogP) is 9.13. The van der Waals surface area contributed by atoms with Gasteiger partial charge in [0.15, 0.2) is 6.29 Å². The fourth-order valence-corrected chi connectivity index (χ4v) is 4.74. The summed E-state index contributed by atoms with van der Waals surface area (Å²) in [5, 5.41) is 2.75. The molecule has 2 saturated heterocycles. The lowest BCUT2D eigenvalue weighted by molar-refractivity contribution is -0.187. The van der Waals surface area contributed by atoms with Gasteiger partial charge >= 0.3 is 0 Å². The van der Waals surface area contributed by atoms with E-state index in [0.29, 0.717) is 12.0 Å². The summed E-state index contributed by atoms with van der Waals surface area (Å²) in [7, 11) is 0. The molecular weight excluding hydrogens is 444 g/mol. The molecule has 0 N–H and O–H groups in total. The van der Waals surface area contributed by atoms with Crippen LogP contribution in [0.4, 0.5) is 0 Å². The molecule has 204 valence electrons. The van der Waals surface area contributed by atoms with E-state index >= 15 is 0 Å². The van der Waals surface area contributed by atoms with Crippen LogP contribution in [0.2, 0.25) is 0 Å². The van der Waals surface area contributed by atoms with E-state index in [4.69, 9.17) is 14.2 Å². The summed E-state index contributed by atoms with van der Waals surface area (Å²) in [5.74, 6) is 3.41. The highest BCUT2D eigenvalue weighted by Gasteiger charge is 2.14. The molecule has 1 aliphatic carbocycles. The third-order valence-corrected chi connectivity index (χ3v) is 7.63. The number of aryl methyl sites for hydroxylation is 2. The zero-order valence-electron chi connectivity index (χ0n) is 24.5. The lowest BCUT2D eigenvalue weighted by Gasteiger charge is -2.24. The molecular formula is C33H54O3. The molecule has 2 aromatic rings. The van der Waals surface area contributed by atoms with Gasteiger partial charge in [-0.15, -0.1) is 0 Å². The van der Waals surface area contributed by atoms with E-state index in [2.05, 4.69) is 84.9 Å². The fraction of sp³-hybridized carbons (Fsp3) is 0.697. The van der Waals surface area contributed by atoms with E-state index in [9.17, 15) is 0 Å². The van der Waals surface area contributed by atoms with Gasteiger partial charge in [-0.05, 0) is 80.2 Å². The van der Waals surface area contributed by atoms with Crippen LogP contribution in [0.1, 0.15) is 91.2 Å². The number of ether oxygens (including phenoxy) is 3. The Morgan fingerprint density at radius 2 is 0.917 bits per heavy atom. The van der Waals surface area contributed by atoms with Crippen molar-refractivity contribution in [1.82, 2.24) is 0 Å². The average Bonchev–Trinajstić information content (AvgIpc) is 2.88. The number of hydrogen-bond donors (Lipinski definition) is 0. The van der Waals surface area contributed by atoms with Crippen LogP contribution in [-0.2, 0) is 14.2 Å². The summed E-state index contributed by atoms with van der Waals surface area (Å²) in [6.45, 7) is 20.1. The van der Waals surface area contributed by atoms with Gasteiger partial charge in [0.25, 0.3) is 0 Å². The van der Waals surface area contributed by atoms with Crippen molar-refractivity contribution in [2.45, 2.75) is 106 Å². The molecule has 3 aliphatic rings. The molecule has 2 aliphatic heterocycles. The van der Waals surface area contributed by atoms with Gasteiger partial charge in [0, 0.05) is 12.5 Å². The minimum Gasteiger partial charge on any atom is -0.378 e. The maximum atomic E-state index is 5.39. The first-order valence-electron chi connectivity index (χ1n) is 14.4. The molecule has 3 fully saturated rings. The zero-order chi connectivity index (χ0) is 26.5. The highest BCUT2D eigenvalue weighted by molar-refractivity contribution is 5.88. The van der Waals surface area contributed by atoms with Crippen molar-refractivity contribution in [2.75, 3.05) is 19.8 Å². The minimum atomic E-state index is 0.0196. The summed E-state index contributed by atoms with van der Waals surface area (Å²) in [5.41, 5.74) is 2.72. The van der Waals surface area contributed by atoms with E-state index < -0.39 is 0 Å². The first-order valence-corrected chi connectivity index (χ1v) is 14.4. The molecule has 0 amide bonds. The lowest BCUT2D eigenvalue weighted by atomic mass is 9.84. The van der Waals surface area contributed by atoms with Crippen molar-refractivity contribution >= 4 is 10.8 Å². The summed E-state index contributed by atoms with van der Waals surface area (Å²) in [4.78, 5) is 0. The SMILES string of the molecule is CC1CCC(C)CC1.CC1CCC(C)OC1.CC1COC(C)OC1.Cc1ccc(C)c2ccccc12. The van der Waals surface area contributed by atoms with Crippen LogP contribution >= 0.6 is 0 Å². The summed E-state index contributed by atoms with van der Waals surface area (Å²) < 4.78 is 15.7. The van der Waals surface area contributed by atoms with Crippen LogP contribution in [0, 0.1) is 37.5 Å². The molecule has 3 nitrogen and oxygen atoms in total. The van der Waals surface area contributed by atoms with Gasteiger partial charge < -0.3 is 14.2 Å². The van der Waals surface area contributed by atoms with Gasteiger partial charge in [-0.1, -0.05) is 89.8 Å². The van der Waals surface area contributed by atoms with Crippen LogP contribution < -0.4 is 0 Å². The molecule has 2 unspecified atom stereocenters. The third-order valence-electron chi connectivity index (χ3n) is 7.63. The van der Waals surface area contributed by atoms with Crippen molar-refractivity contribution in [3.8, 4) is 0 Å². The Bertz CT molecular complexity index is 721. The third kappa shape index (κ3) is 11.8. The van der Waals surface area contributed by atoms with Crippen LogP contribution in [-0.4, -0.2) is 32.2 Å². The van der Waals surface area contributed by atoms with Crippen molar-refractivity contribution in [3.05, 3.63) is 47.5 Å². The highest BCUT2D eigenvalue weighted by Crippen LogP contribution is 2.27. The van der Waals surface area contributed by atoms with Crippen LogP contribution in [0.15, 0.2) is 36.4 Å². The van der Waals surface area contributed by atoms with Crippen molar-refractivity contribution < 1.29 is 14.2 Å².